The lowest BCUT2D eigenvalue weighted by atomic mass is 10.0. The van der Waals surface area contributed by atoms with Crippen LogP contribution in [-0.2, 0) is 0 Å². The van der Waals surface area contributed by atoms with Crippen LogP contribution < -0.4 is 14.8 Å². The Morgan fingerprint density at radius 3 is 2.76 bits per heavy atom. The van der Waals surface area contributed by atoms with Crippen molar-refractivity contribution in [1.29, 1.82) is 0 Å². The van der Waals surface area contributed by atoms with E-state index in [2.05, 4.69) is 10.5 Å². The molecule has 2 aromatic carbocycles. The fourth-order valence-corrected chi connectivity index (χ4v) is 3.36. The maximum absolute atomic E-state index is 12.8. The molecular weight excluding hydrogens is 396 g/mol. The Kier molecular flexibility index (Phi) is 5.42. The number of nitrogens with one attached hydrogen (secondary N) is 1. The average Bonchev–Trinajstić information content (AvgIpc) is 3.13. The second-order valence-electron chi connectivity index (χ2n) is 6.57. The number of aromatic nitrogens is 1. The van der Waals surface area contributed by atoms with Gasteiger partial charge in [-0.2, -0.15) is 0 Å². The number of amides is 1. The first-order valence-corrected chi connectivity index (χ1v) is 9.49. The van der Waals surface area contributed by atoms with E-state index in [0.29, 0.717) is 52.3 Å². The van der Waals surface area contributed by atoms with E-state index in [9.17, 15) is 9.90 Å². The van der Waals surface area contributed by atoms with Gasteiger partial charge in [0.05, 0.1) is 11.1 Å². The van der Waals surface area contributed by atoms with Gasteiger partial charge in [-0.3, -0.25) is 4.79 Å². The Balaban J connectivity index is 1.49. The number of halogens is 1. The van der Waals surface area contributed by atoms with E-state index in [1.165, 1.54) is 0 Å². The van der Waals surface area contributed by atoms with Crippen molar-refractivity contribution in [1.82, 2.24) is 10.5 Å². The Labute approximate surface area is 172 Å². The number of nitrogens with zero attached hydrogens (tertiary/aromatic N) is 1. The topological polar surface area (TPSA) is 93.8 Å². The van der Waals surface area contributed by atoms with E-state index in [-0.39, 0.29) is 12.1 Å². The predicted molar refractivity (Wildman–Crippen MR) is 106 cm³/mol. The molecule has 1 aliphatic rings. The first kappa shape index (κ1) is 19.3. The molecule has 3 aromatic rings. The van der Waals surface area contributed by atoms with Gasteiger partial charge in [0.25, 0.3) is 5.91 Å². The normalized spacial score (nSPS) is 13.8. The number of rotatable bonds is 5. The number of aliphatic hydroxyl groups excluding tert-OH is 1. The Hall–Kier alpha value is -3.03. The van der Waals surface area contributed by atoms with Crippen LogP contribution in [-0.4, -0.2) is 35.9 Å². The molecule has 0 saturated carbocycles. The van der Waals surface area contributed by atoms with Gasteiger partial charge in [-0.1, -0.05) is 41.0 Å². The molecule has 0 saturated heterocycles. The van der Waals surface area contributed by atoms with Crippen molar-refractivity contribution in [3.05, 3.63) is 64.4 Å². The molecular formula is C21H19ClN2O5. The van der Waals surface area contributed by atoms with Crippen LogP contribution >= 0.6 is 11.6 Å². The van der Waals surface area contributed by atoms with Crippen molar-refractivity contribution in [3.8, 4) is 22.8 Å². The van der Waals surface area contributed by atoms with Crippen LogP contribution in [0.1, 0.15) is 27.8 Å². The third-order valence-electron chi connectivity index (χ3n) is 4.63. The lowest BCUT2D eigenvalue weighted by molar-refractivity contribution is 0.0915. The number of fused-ring (bicyclic) bond motifs is 1. The number of aliphatic hydroxyl groups is 1. The number of hydrogen-bond acceptors (Lipinski definition) is 6. The van der Waals surface area contributed by atoms with Crippen molar-refractivity contribution in [2.24, 2.45) is 0 Å². The number of benzene rings is 2. The Morgan fingerprint density at radius 2 is 1.97 bits per heavy atom. The summed E-state index contributed by atoms with van der Waals surface area (Å²) in [6, 6.07) is 12.3. The van der Waals surface area contributed by atoms with Crippen molar-refractivity contribution in [3.63, 3.8) is 0 Å². The molecule has 0 unspecified atom stereocenters. The minimum Gasteiger partial charge on any atom is -0.486 e. The highest BCUT2D eigenvalue weighted by Gasteiger charge is 2.24. The summed E-state index contributed by atoms with van der Waals surface area (Å²) in [5.41, 5.74) is 1.86. The molecule has 2 heterocycles. The summed E-state index contributed by atoms with van der Waals surface area (Å²) in [5.74, 6) is 1.18. The zero-order valence-corrected chi connectivity index (χ0v) is 16.4. The second kappa shape index (κ2) is 8.14. The lowest BCUT2D eigenvalue weighted by Crippen LogP contribution is -2.29. The molecule has 29 heavy (non-hydrogen) atoms. The number of carbonyl (C=O) groups is 1. The summed E-state index contributed by atoms with van der Waals surface area (Å²) in [4.78, 5) is 12.8. The molecule has 8 heteroatoms. The highest BCUT2D eigenvalue weighted by Crippen LogP contribution is 2.33. The number of carbonyl (C=O) groups excluding carboxylic acids is 1. The van der Waals surface area contributed by atoms with Crippen molar-refractivity contribution in [2.45, 2.75) is 13.0 Å². The molecule has 2 N–H and O–H groups in total. The Morgan fingerprint density at radius 1 is 1.21 bits per heavy atom. The van der Waals surface area contributed by atoms with Crippen LogP contribution in [0.5, 0.6) is 11.5 Å². The summed E-state index contributed by atoms with van der Waals surface area (Å²) in [6.45, 7) is 2.61. The van der Waals surface area contributed by atoms with Crippen LogP contribution in [0.15, 0.2) is 47.0 Å². The fourth-order valence-electron chi connectivity index (χ4n) is 3.14. The minimum atomic E-state index is -0.918. The van der Waals surface area contributed by atoms with Gasteiger partial charge < -0.3 is 24.4 Å². The molecule has 7 nitrogen and oxygen atoms in total. The maximum atomic E-state index is 12.8. The smallest absolute Gasteiger partial charge is 0.257 e. The largest absolute Gasteiger partial charge is 0.486 e. The minimum absolute atomic E-state index is 0.00502. The molecule has 0 fully saturated rings. The van der Waals surface area contributed by atoms with Gasteiger partial charge in [-0.15, -0.1) is 0 Å². The van der Waals surface area contributed by atoms with E-state index < -0.39 is 12.0 Å². The Bertz CT molecular complexity index is 1050. The molecule has 1 atom stereocenters. The van der Waals surface area contributed by atoms with Crippen LogP contribution in [0, 0.1) is 6.92 Å². The summed E-state index contributed by atoms with van der Waals surface area (Å²) in [6.07, 6.45) is -0.918. The zero-order valence-electron chi connectivity index (χ0n) is 15.6. The third kappa shape index (κ3) is 3.92. The first-order chi connectivity index (χ1) is 14.0. The van der Waals surface area contributed by atoms with Gasteiger partial charge in [0.2, 0.25) is 0 Å². The summed E-state index contributed by atoms with van der Waals surface area (Å²) in [7, 11) is 0. The van der Waals surface area contributed by atoms with Gasteiger partial charge in [-0.05, 0) is 30.7 Å². The van der Waals surface area contributed by atoms with Crippen molar-refractivity contribution < 1.29 is 23.9 Å². The first-order valence-electron chi connectivity index (χ1n) is 9.11. The highest BCUT2D eigenvalue weighted by molar-refractivity contribution is 6.33. The molecule has 1 aromatic heterocycles. The zero-order chi connectivity index (χ0) is 20.4. The van der Waals surface area contributed by atoms with Crippen LogP contribution in [0.25, 0.3) is 11.3 Å². The lowest BCUT2D eigenvalue weighted by Gasteiger charge is -2.20. The van der Waals surface area contributed by atoms with E-state index in [4.69, 9.17) is 25.6 Å². The van der Waals surface area contributed by atoms with Gasteiger partial charge in [0.1, 0.15) is 30.2 Å². The summed E-state index contributed by atoms with van der Waals surface area (Å²) in [5, 5.41) is 17.7. The van der Waals surface area contributed by atoms with E-state index in [1.807, 2.05) is 0 Å². The number of aryl methyl sites for hydroxylation is 1. The fraction of sp³-hybridized carbons (Fsp3) is 0.238. The molecule has 0 spiro atoms. The quantitative estimate of drug-likeness (QED) is 0.663. The van der Waals surface area contributed by atoms with Gasteiger partial charge in [-0.25, -0.2) is 0 Å². The summed E-state index contributed by atoms with van der Waals surface area (Å²) >= 11 is 6.23. The van der Waals surface area contributed by atoms with E-state index >= 15 is 0 Å². The number of hydrogen-bond donors (Lipinski definition) is 2. The molecule has 1 amide bonds. The van der Waals surface area contributed by atoms with Crippen LogP contribution in [0.3, 0.4) is 0 Å². The van der Waals surface area contributed by atoms with E-state index in [1.54, 1.807) is 49.4 Å². The SMILES string of the molecule is Cc1onc(-c2ccccc2Cl)c1C(=O)NC[C@H](O)c1ccc2c(c1)OCCO2. The average molecular weight is 415 g/mol. The molecule has 1 aliphatic heterocycles. The van der Waals surface area contributed by atoms with Gasteiger partial charge in [0.15, 0.2) is 11.5 Å². The van der Waals surface area contributed by atoms with E-state index in [0.717, 1.165) is 0 Å². The predicted octanol–water partition coefficient (Wildman–Crippen LogP) is 3.54. The molecule has 4 rings (SSSR count). The maximum Gasteiger partial charge on any atom is 0.257 e. The monoisotopic (exact) mass is 414 g/mol. The van der Waals surface area contributed by atoms with Gasteiger partial charge in [0, 0.05) is 12.1 Å². The number of ether oxygens (including phenoxy) is 2. The standard InChI is InChI=1S/C21H19ClN2O5/c1-12-19(20(24-29-12)14-4-2-3-5-15(14)22)21(26)23-11-16(25)13-6-7-17-18(10-13)28-9-8-27-17/h2-7,10,16,25H,8-9,11H2,1H3,(H,23,26)/t16-/m0/s1. The molecule has 0 radical (unpaired) electrons. The summed E-state index contributed by atoms with van der Waals surface area (Å²) < 4.78 is 16.2. The molecule has 150 valence electrons. The third-order valence-corrected chi connectivity index (χ3v) is 4.96. The van der Waals surface area contributed by atoms with Crippen molar-refractivity contribution >= 4 is 17.5 Å². The molecule has 0 aliphatic carbocycles. The second-order valence-corrected chi connectivity index (χ2v) is 6.98. The van der Waals surface area contributed by atoms with Crippen LogP contribution in [0.4, 0.5) is 0 Å². The van der Waals surface area contributed by atoms with Crippen LogP contribution in [0.2, 0.25) is 5.02 Å². The van der Waals surface area contributed by atoms with Gasteiger partial charge >= 0.3 is 0 Å². The molecule has 0 bridgehead atoms. The highest BCUT2D eigenvalue weighted by atomic mass is 35.5. The van der Waals surface area contributed by atoms with Crippen molar-refractivity contribution in [2.75, 3.05) is 19.8 Å².